The van der Waals surface area contributed by atoms with Crippen LogP contribution in [0.2, 0.25) is 0 Å². The smallest absolute Gasteiger partial charge is 0.133 e. The Hall–Kier alpha value is -6.16. The highest BCUT2D eigenvalue weighted by Gasteiger charge is 2.51. The standard InChI is InChI=1S/C47H27NOS/c1-2-12-30-28(11-1)21-23-34-35-26-43-40(27-41(35)48(46(30)34)29-22-24-45-36(25-29)33-15-5-10-20-44(33)50-45)47(39-18-8-9-19-42(39)49-43)37-16-6-3-13-31(37)32-14-4-7-17-38(32)47/h1-27H. The molecule has 1 aliphatic heterocycles. The van der Waals surface area contributed by atoms with Crippen LogP contribution in [0.5, 0.6) is 11.5 Å². The van der Waals surface area contributed by atoms with Gasteiger partial charge in [0, 0.05) is 53.1 Å². The first-order chi connectivity index (χ1) is 24.8. The third-order valence-electron chi connectivity index (χ3n) is 11.2. The van der Waals surface area contributed by atoms with Gasteiger partial charge in [0.05, 0.1) is 16.4 Å². The van der Waals surface area contributed by atoms with Crippen LogP contribution in [0.15, 0.2) is 164 Å². The Morgan fingerprint density at radius 3 is 1.96 bits per heavy atom. The molecular weight excluding hydrogens is 627 g/mol. The van der Waals surface area contributed by atoms with Crippen molar-refractivity contribution in [1.29, 1.82) is 0 Å². The van der Waals surface area contributed by atoms with Gasteiger partial charge in [-0.1, -0.05) is 121 Å². The quantitative estimate of drug-likeness (QED) is 0.172. The van der Waals surface area contributed by atoms with Crippen molar-refractivity contribution >= 4 is 64.1 Å². The Bertz CT molecular complexity index is 3040. The summed E-state index contributed by atoms with van der Waals surface area (Å²) in [6.45, 7) is 0. The fourth-order valence-corrected chi connectivity index (χ4v) is 10.3. The molecule has 3 heterocycles. The zero-order valence-corrected chi connectivity index (χ0v) is 27.7. The molecule has 8 aromatic carbocycles. The Kier molecular flexibility index (Phi) is 5.08. The second-order valence-corrected chi connectivity index (χ2v) is 14.7. The molecular formula is C47H27NOS. The van der Waals surface area contributed by atoms with E-state index in [1.807, 2.05) is 11.3 Å². The minimum atomic E-state index is -0.525. The van der Waals surface area contributed by atoms with E-state index in [0.717, 1.165) is 17.2 Å². The number of nitrogens with zero attached hydrogens (tertiary/aromatic N) is 1. The molecule has 12 rings (SSSR count). The largest absolute Gasteiger partial charge is 0.457 e. The van der Waals surface area contributed by atoms with Crippen LogP contribution in [0.1, 0.15) is 22.3 Å². The molecule has 50 heavy (non-hydrogen) atoms. The lowest BCUT2D eigenvalue weighted by atomic mass is 9.66. The minimum absolute atomic E-state index is 0.525. The van der Waals surface area contributed by atoms with Gasteiger partial charge < -0.3 is 9.30 Å². The number of rotatable bonds is 1. The first kappa shape index (κ1) is 26.8. The van der Waals surface area contributed by atoms with Crippen LogP contribution in [-0.2, 0) is 5.41 Å². The summed E-state index contributed by atoms with van der Waals surface area (Å²) in [5.41, 5.74) is 10.6. The summed E-state index contributed by atoms with van der Waals surface area (Å²) in [6.07, 6.45) is 0. The van der Waals surface area contributed by atoms with Gasteiger partial charge >= 0.3 is 0 Å². The van der Waals surface area contributed by atoms with Crippen molar-refractivity contribution in [1.82, 2.24) is 4.57 Å². The maximum Gasteiger partial charge on any atom is 0.133 e. The molecule has 232 valence electrons. The summed E-state index contributed by atoms with van der Waals surface area (Å²) in [4.78, 5) is 0. The predicted octanol–water partition coefficient (Wildman–Crippen LogP) is 12.8. The van der Waals surface area contributed by atoms with Crippen molar-refractivity contribution in [2.24, 2.45) is 0 Å². The highest BCUT2D eigenvalue weighted by atomic mass is 32.1. The molecule has 0 N–H and O–H groups in total. The van der Waals surface area contributed by atoms with E-state index < -0.39 is 5.41 Å². The van der Waals surface area contributed by atoms with E-state index in [1.54, 1.807) is 0 Å². The van der Waals surface area contributed by atoms with Crippen LogP contribution in [0.4, 0.5) is 0 Å². The van der Waals surface area contributed by atoms with Gasteiger partial charge in [-0.05, 0) is 70.1 Å². The van der Waals surface area contributed by atoms with Gasteiger partial charge in [0.25, 0.3) is 0 Å². The normalized spacial score (nSPS) is 13.9. The fourth-order valence-electron chi connectivity index (χ4n) is 9.25. The number of benzene rings is 8. The van der Waals surface area contributed by atoms with E-state index in [1.165, 1.54) is 86.1 Å². The molecule has 0 saturated heterocycles. The Balaban J connectivity index is 1.27. The molecule has 0 amide bonds. The average molecular weight is 654 g/mol. The summed E-state index contributed by atoms with van der Waals surface area (Å²) in [5.74, 6) is 1.82. The third-order valence-corrected chi connectivity index (χ3v) is 12.4. The maximum atomic E-state index is 6.94. The highest BCUT2D eigenvalue weighted by molar-refractivity contribution is 7.25. The first-order valence-corrected chi connectivity index (χ1v) is 18.0. The molecule has 0 saturated carbocycles. The molecule has 10 aromatic rings. The molecule has 2 nitrogen and oxygen atoms in total. The monoisotopic (exact) mass is 653 g/mol. The van der Waals surface area contributed by atoms with E-state index in [2.05, 4.69) is 168 Å². The molecule has 3 heteroatoms. The van der Waals surface area contributed by atoms with Gasteiger partial charge in [0.15, 0.2) is 0 Å². The second-order valence-electron chi connectivity index (χ2n) is 13.6. The summed E-state index contributed by atoms with van der Waals surface area (Å²) in [6, 6.07) is 60.4. The lowest BCUT2D eigenvalue weighted by Crippen LogP contribution is -2.32. The summed E-state index contributed by atoms with van der Waals surface area (Å²) >= 11 is 1.86. The van der Waals surface area contributed by atoms with Crippen molar-refractivity contribution in [3.8, 4) is 28.3 Å². The summed E-state index contributed by atoms with van der Waals surface area (Å²) in [7, 11) is 0. The van der Waals surface area contributed by atoms with Gasteiger partial charge in [0.1, 0.15) is 11.5 Å². The van der Waals surface area contributed by atoms with E-state index in [-0.39, 0.29) is 0 Å². The summed E-state index contributed by atoms with van der Waals surface area (Å²) < 4.78 is 12.1. The van der Waals surface area contributed by atoms with Crippen LogP contribution in [0, 0.1) is 0 Å². The Morgan fingerprint density at radius 1 is 0.440 bits per heavy atom. The van der Waals surface area contributed by atoms with Crippen LogP contribution >= 0.6 is 11.3 Å². The number of para-hydroxylation sites is 1. The Morgan fingerprint density at radius 2 is 1.12 bits per heavy atom. The van der Waals surface area contributed by atoms with Gasteiger partial charge in [-0.2, -0.15) is 0 Å². The Labute approximate surface area is 292 Å². The molecule has 0 fully saturated rings. The van der Waals surface area contributed by atoms with Gasteiger partial charge in [-0.25, -0.2) is 0 Å². The number of aromatic nitrogens is 1. The number of hydrogen-bond acceptors (Lipinski definition) is 2. The zero-order chi connectivity index (χ0) is 32.6. The number of thiophene rings is 1. The minimum Gasteiger partial charge on any atom is -0.457 e. The summed E-state index contributed by atoms with van der Waals surface area (Å²) in [5, 5.41) is 7.48. The lowest BCUT2D eigenvalue weighted by molar-refractivity contribution is 0.437. The fraction of sp³-hybridized carbons (Fsp3) is 0.0213. The predicted molar refractivity (Wildman–Crippen MR) is 209 cm³/mol. The van der Waals surface area contributed by atoms with Crippen LogP contribution < -0.4 is 4.74 Å². The topological polar surface area (TPSA) is 14.2 Å². The van der Waals surface area contributed by atoms with Crippen molar-refractivity contribution < 1.29 is 4.74 Å². The molecule has 2 aliphatic rings. The van der Waals surface area contributed by atoms with Crippen LogP contribution in [0.25, 0.3) is 69.6 Å². The second kappa shape index (κ2) is 9.50. The van der Waals surface area contributed by atoms with Crippen molar-refractivity contribution in [3.63, 3.8) is 0 Å². The van der Waals surface area contributed by atoms with Gasteiger partial charge in [-0.15, -0.1) is 11.3 Å². The third kappa shape index (κ3) is 3.24. The maximum absolute atomic E-state index is 6.94. The van der Waals surface area contributed by atoms with Gasteiger partial charge in [0.2, 0.25) is 0 Å². The van der Waals surface area contributed by atoms with Crippen molar-refractivity contribution in [2.75, 3.05) is 0 Å². The van der Waals surface area contributed by atoms with Crippen molar-refractivity contribution in [2.45, 2.75) is 5.41 Å². The molecule has 0 radical (unpaired) electrons. The molecule has 1 aliphatic carbocycles. The van der Waals surface area contributed by atoms with Gasteiger partial charge in [-0.3, -0.25) is 0 Å². The number of fused-ring (bicyclic) bond motifs is 17. The number of ether oxygens (including phenoxy) is 1. The zero-order valence-electron chi connectivity index (χ0n) is 26.9. The van der Waals surface area contributed by atoms with E-state index in [0.29, 0.717) is 0 Å². The SMILES string of the molecule is c1ccc2c(c1)Oc1cc3c4ccc5ccccc5c4n(-c4ccc5sc6ccccc6c5c4)c3cc1C21c2ccccc2-c2ccccc21. The highest BCUT2D eigenvalue weighted by Crippen LogP contribution is 2.62. The van der Waals surface area contributed by atoms with Crippen LogP contribution in [-0.4, -0.2) is 4.57 Å². The van der Waals surface area contributed by atoms with Crippen LogP contribution in [0.3, 0.4) is 0 Å². The van der Waals surface area contributed by atoms with E-state index in [9.17, 15) is 0 Å². The van der Waals surface area contributed by atoms with Crippen molar-refractivity contribution in [3.05, 3.63) is 186 Å². The molecule has 0 unspecified atom stereocenters. The number of hydrogen-bond donors (Lipinski definition) is 0. The van der Waals surface area contributed by atoms with E-state index >= 15 is 0 Å². The van der Waals surface area contributed by atoms with E-state index in [4.69, 9.17) is 4.74 Å². The molecule has 0 atom stereocenters. The molecule has 2 aromatic heterocycles. The molecule has 1 spiro atoms. The first-order valence-electron chi connectivity index (χ1n) is 17.2. The average Bonchev–Trinajstić information content (AvgIpc) is 3.81. The molecule has 0 bridgehead atoms. The lowest BCUT2D eigenvalue weighted by Gasteiger charge is -2.39.